The van der Waals surface area contributed by atoms with Crippen LogP contribution in [0.4, 0.5) is 18.9 Å². The van der Waals surface area contributed by atoms with Crippen molar-refractivity contribution in [1.29, 1.82) is 0 Å². The van der Waals surface area contributed by atoms with E-state index in [0.717, 1.165) is 28.8 Å². The number of halogens is 3. The first-order chi connectivity index (χ1) is 16.8. The van der Waals surface area contributed by atoms with Gasteiger partial charge >= 0.3 is 6.18 Å². The number of anilines is 1. The van der Waals surface area contributed by atoms with Crippen LogP contribution in [0.1, 0.15) is 38.6 Å². The van der Waals surface area contributed by atoms with Crippen LogP contribution in [0.2, 0.25) is 0 Å². The number of aryl methyl sites for hydroxylation is 1. The van der Waals surface area contributed by atoms with E-state index in [1.807, 2.05) is 61.5 Å². The quantitative estimate of drug-likeness (QED) is 0.295. The largest absolute Gasteiger partial charge is 0.455 e. The van der Waals surface area contributed by atoms with Crippen LogP contribution >= 0.6 is 0 Å². The van der Waals surface area contributed by atoms with Gasteiger partial charge in [-0.25, -0.2) is 0 Å². The lowest BCUT2D eigenvalue weighted by Crippen LogP contribution is -2.22. The summed E-state index contributed by atoms with van der Waals surface area (Å²) >= 11 is 0. The van der Waals surface area contributed by atoms with Gasteiger partial charge in [0.15, 0.2) is 5.76 Å². The van der Waals surface area contributed by atoms with Crippen LogP contribution in [0.15, 0.2) is 95.4 Å². The lowest BCUT2D eigenvalue weighted by Gasteiger charge is -2.22. The lowest BCUT2D eigenvalue weighted by molar-refractivity contribution is -0.137. The van der Waals surface area contributed by atoms with E-state index in [0.29, 0.717) is 31.1 Å². The van der Waals surface area contributed by atoms with Gasteiger partial charge in [-0.3, -0.25) is 9.69 Å². The van der Waals surface area contributed by atoms with Gasteiger partial charge in [-0.2, -0.15) is 13.2 Å². The smallest absolute Gasteiger partial charge is 0.416 e. The fourth-order valence-electron chi connectivity index (χ4n) is 3.70. The molecule has 1 heterocycles. The summed E-state index contributed by atoms with van der Waals surface area (Å²) in [6.07, 6.45) is -4.37. The molecule has 0 atom stereocenters. The van der Waals surface area contributed by atoms with E-state index in [9.17, 15) is 18.0 Å². The third kappa shape index (κ3) is 6.83. The van der Waals surface area contributed by atoms with E-state index in [-0.39, 0.29) is 11.7 Å². The van der Waals surface area contributed by atoms with E-state index in [4.69, 9.17) is 4.42 Å². The minimum atomic E-state index is -4.37. The molecule has 0 aliphatic carbocycles. The van der Waals surface area contributed by atoms with Crippen molar-refractivity contribution in [2.75, 3.05) is 5.32 Å². The maximum atomic E-state index is 12.9. The number of hydrogen-bond acceptors (Lipinski definition) is 3. The zero-order valence-corrected chi connectivity index (χ0v) is 19.2. The Kier molecular flexibility index (Phi) is 7.36. The van der Waals surface area contributed by atoms with E-state index in [2.05, 4.69) is 10.2 Å². The Hall–Kier alpha value is -3.84. The third-order valence-corrected chi connectivity index (χ3v) is 5.51. The molecule has 35 heavy (non-hydrogen) atoms. The molecule has 0 fully saturated rings. The average Bonchev–Trinajstić information content (AvgIpc) is 3.30. The van der Waals surface area contributed by atoms with Gasteiger partial charge in [0.25, 0.3) is 5.91 Å². The molecule has 3 aromatic carbocycles. The van der Waals surface area contributed by atoms with Crippen LogP contribution in [0.3, 0.4) is 0 Å². The molecule has 0 unspecified atom stereocenters. The Labute approximate surface area is 202 Å². The Morgan fingerprint density at radius 1 is 0.800 bits per heavy atom. The molecule has 4 aromatic rings. The second kappa shape index (κ2) is 10.6. The monoisotopic (exact) mass is 478 g/mol. The Bertz CT molecular complexity index is 1250. The number of carbonyl (C=O) groups excluding carboxylic acids is 1. The van der Waals surface area contributed by atoms with Gasteiger partial charge < -0.3 is 9.73 Å². The molecule has 4 rings (SSSR count). The highest BCUT2D eigenvalue weighted by molar-refractivity contribution is 6.02. The van der Waals surface area contributed by atoms with E-state index < -0.39 is 11.7 Å². The molecular formula is C28H25F3N2O2. The van der Waals surface area contributed by atoms with Crippen molar-refractivity contribution < 1.29 is 22.4 Å². The number of rotatable bonds is 8. The Morgan fingerprint density at radius 3 is 2.06 bits per heavy atom. The molecule has 180 valence electrons. The van der Waals surface area contributed by atoms with Gasteiger partial charge in [-0.15, -0.1) is 0 Å². The summed E-state index contributed by atoms with van der Waals surface area (Å²) in [6, 6.07) is 25.8. The molecule has 7 heteroatoms. The number of carbonyl (C=O) groups is 1. The van der Waals surface area contributed by atoms with E-state index >= 15 is 0 Å². The molecule has 0 aliphatic heterocycles. The molecular weight excluding hydrogens is 453 g/mol. The zero-order valence-electron chi connectivity index (χ0n) is 19.2. The van der Waals surface area contributed by atoms with E-state index in [1.165, 1.54) is 12.1 Å². The van der Waals surface area contributed by atoms with Gasteiger partial charge in [0.05, 0.1) is 12.1 Å². The summed E-state index contributed by atoms with van der Waals surface area (Å²) in [6.45, 7) is 3.33. The summed E-state index contributed by atoms with van der Waals surface area (Å²) in [4.78, 5) is 14.6. The number of nitrogens with one attached hydrogen (secondary N) is 1. The first-order valence-corrected chi connectivity index (χ1v) is 11.2. The van der Waals surface area contributed by atoms with Crippen LogP contribution in [0, 0.1) is 6.92 Å². The number of amides is 1. The van der Waals surface area contributed by atoms with E-state index in [1.54, 1.807) is 12.1 Å². The lowest BCUT2D eigenvalue weighted by atomic mass is 10.1. The summed E-state index contributed by atoms with van der Waals surface area (Å²) in [5, 5.41) is 2.81. The molecule has 0 radical (unpaired) electrons. The molecule has 0 saturated heterocycles. The van der Waals surface area contributed by atoms with Crippen LogP contribution in [0.25, 0.3) is 0 Å². The minimum absolute atomic E-state index is 0.190. The van der Waals surface area contributed by atoms with Crippen LogP contribution in [-0.4, -0.2) is 10.8 Å². The molecule has 0 saturated carbocycles. The minimum Gasteiger partial charge on any atom is -0.455 e. The SMILES string of the molecule is Cc1ccc(NC(=O)c2ccc(CN(Cc3ccccc3)Cc3ccc(C(F)(F)F)cc3)o2)cc1. The number of benzene rings is 3. The molecule has 1 aromatic heterocycles. The van der Waals surface area contributed by atoms with Gasteiger partial charge in [0, 0.05) is 18.8 Å². The highest BCUT2D eigenvalue weighted by atomic mass is 19.4. The zero-order chi connectivity index (χ0) is 24.8. The number of alkyl halides is 3. The molecule has 0 aliphatic rings. The fourth-order valence-corrected chi connectivity index (χ4v) is 3.70. The summed E-state index contributed by atoms with van der Waals surface area (Å²) in [5.41, 5.74) is 2.90. The number of hydrogen-bond donors (Lipinski definition) is 1. The average molecular weight is 479 g/mol. The van der Waals surface area contributed by atoms with Gasteiger partial charge in [0.2, 0.25) is 0 Å². The summed E-state index contributed by atoms with van der Waals surface area (Å²) in [7, 11) is 0. The van der Waals surface area contributed by atoms with Crippen LogP contribution in [-0.2, 0) is 25.8 Å². The second-order valence-corrected chi connectivity index (χ2v) is 8.41. The van der Waals surface area contributed by atoms with Crippen molar-refractivity contribution in [1.82, 2.24) is 4.90 Å². The predicted octanol–water partition coefficient (Wildman–Crippen LogP) is 7.06. The topological polar surface area (TPSA) is 45.5 Å². The van der Waals surface area contributed by atoms with Crippen molar-refractivity contribution in [2.24, 2.45) is 0 Å². The first-order valence-electron chi connectivity index (χ1n) is 11.2. The molecule has 4 nitrogen and oxygen atoms in total. The normalized spacial score (nSPS) is 11.6. The Morgan fingerprint density at radius 2 is 1.43 bits per heavy atom. The molecule has 1 amide bonds. The van der Waals surface area contributed by atoms with Crippen molar-refractivity contribution in [3.8, 4) is 0 Å². The van der Waals surface area contributed by atoms with Gasteiger partial charge in [0.1, 0.15) is 5.76 Å². The number of nitrogens with zero attached hydrogens (tertiary/aromatic N) is 1. The second-order valence-electron chi connectivity index (χ2n) is 8.41. The molecule has 1 N–H and O–H groups in total. The first kappa shape index (κ1) is 24.3. The van der Waals surface area contributed by atoms with Gasteiger partial charge in [-0.1, -0.05) is 60.2 Å². The summed E-state index contributed by atoms with van der Waals surface area (Å²) < 4.78 is 44.6. The predicted molar refractivity (Wildman–Crippen MR) is 129 cm³/mol. The van der Waals surface area contributed by atoms with Crippen molar-refractivity contribution in [2.45, 2.75) is 32.7 Å². The van der Waals surface area contributed by atoms with Crippen molar-refractivity contribution in [3.05, 3.63) is 125 Å². The van der Waals surface area contributed by atoms with Crippen LogP contribution in [0.5, 0.6) is 0 Å². The molecule has 0 spiro atoms. The van der Waals surface area contributed by atoms with Gasteiger partial charge in [-0.05, 0) is 54.4 Å². The highest BCUT2D eigenvalue weighted by Gasteiger charge is 2.30. The Balaban J connectivity index is 1.47. The third-order valence-electron chi connectivity index (χ3n) is 5.51. The van der Waals surface area contributed by atoms with Crippen LogP contribution < -0.4 is 5.32 Å². The number of furan rings is 1. The van der Waals surface area contributed by atoms with Crippen molar-refractivity contribution in [3.63, 3.8) is 0 Å². The highest BCUT2D eigenvalue weighted by Crippen LogP contribution is 2.29. The maximum absolute atomic E-state index is 12.9. The van der Waals surface area contributed by atoms with Crippen molar-refractivity contribution >= 4 is 11.6 Å². The summed E-state index contributed by atoms with van der Waals surface area (Å²) in [5.74, 6) is 0.425. The standard InChI is InChI=1S/C28H25F3N2O2/c1-20-7-13-24(14-8-20)32-27(34)26-16-15-25(35-26)19-33(17-21-5-3-2-4-6-21)18-22-9-11-23(12-10-22)28(29,30)31/h2-16H,17-19H2,1H3,(H,32,34). The maximum Gasteiger partial charge on any atom is 0.416 e. The fraction of sp³-hybridized carbons (Fsp3) is 0.179. The molecule has 0 bridgehead atoms.